The Labute approximate surface area is 106 Å². The van der Waals surface area contributed by atoms with Crippen LogP contribution in [0, 0.1) is 11.8 Å². The van der Waals surface area contributed by atoms with Crippen LogP contribution in [-0.2, 0) is 9.59 Å². The Bertz CT molecular complexity index is 506. The van der Waals surface area contributed by atoms with Gasteiger partial charge in [0.1, 0.15) is 5.92 Å². The average molecular weight is 244 g/mol. The van der Waals surface area contributed by atoms with Crippen LogP contribution in [0.3, 0.4) is 0 Å². The fourth-order valence-corrected chi connectivity index (χ4v) is 1.98. The number of ketones is 1. The molecule has 1 aromatic rings. The third-order valence-electron chi connectivity index (χ3n) is 2.99. The normalized spacial score (nSPS) is 19.3. The van der Waals surface area contributed by atoms with Crippen molar-refractivity contribution in [2.45, 2.75) is 20.8 Å². The number of nitrogens with zero attached hydrogens (tertiary/aromatic N) is 2. The van der Waals surface area contributed by atoms with Gasteiger partial charge in [-0.15, -0.1) is 0 Å². The van der Waals surface area contributed by atoms with Crippen molar-refractivity contribution >= 4 is 23.1 Å². The van der Waals surface area contributed by atoms with Crippen molar-refractivity contribution in [2.24, 2.45) is 16.9 Å². The maximum atomic E-state index is 12.3. The second-order valence-corrected chi connectivity index (χ2v) is 4.72. The minimum Gasteiger partial charge on any atom is -0.298 e. The van der Waals surface area contributed by atoms with Crippen LogP contribution in [0.1, 0.15) is 20.8 Å². The molecule has 0 N–H and O–H groups in total. The van der Waals surface area contributed by atoms with Crippen molar-refractivity contribution in [2.75, 3.05) is 5.01 Å². The molecule has 1 atom stereocenters. The Hall–Kier alpha value is -1.97. The van der Waals surface area contributed by atoms with Crippen molar-refractivity contribution in [3.63, 3.8) is 0 Å². The SMILES string of the molecule is CC1=NN(c2ccccc2)C(=O)C1C(=O)C(C)C. The van der Waals surface area contributed by atoms with E-state index in [1.165, 1.54) is 5.01 Å². The van der Waals surface area contributed by atoms with Crippen LogP contribution in [0.5, 0.6) is 0 Å². The van der Waals surface area contributed by atoms with Gasteiger partial charge in [0, 0.05) is 5.92 Å². The molecule has 1 heterocycles. The second kappa shape index (κ2) is 4.72. The van der Waals surface area contributed by atoms with E-state index in [0.717, 1.165) is 0 Å². The molecule has 94 valence electrons. The largest absolute Gasteiger partial charge is 0.298 e. The summed E-state index contributed by atoms with van der Waals surface area (Å²) in [6.45, 7) is 5.33. The molecule has 4 heteroatoms. The number of carbonyl (C=O) groups excluding carboxylic acids is 2. The molecule has 0 radical (unpaired) electrons. The lowest BCUT2D eigenvalue weighted by molar-refractivity contribution is -0.130. The van der Waals surface area contributed by atoms with Gasteiger partial charge in [0.2, 0.25) is 0 Å². The molecule has 1 aromatic carbocycles. The molecule has 0 aliphatic carbocycles. The molecular formula is C14H16N2O2. The van der Waals surface area contributed by atoms with E-state index in [1.807, 2.05) is 18.2 Å². The molecule has 4 nitrogen and oxygen atoms in total. The zero-order chi connectivity index (χ0) is 13.3. The topological polar surface area (TPSA) is 49.7 Å². The van der Waals surface area contributed by atoms with Crippen LogP contribution in [-0.4, -0.2) is 17.4 Å². The molecule has 0 saturated heterocycles. The third kappa shape index (κ3) is 2.06. The number of rotatable bonds is 3. The van der Waals surface area contributed by atoms with Crippen LogP contribution >= 0.6 is 0 Å². The number of hydrogen-bond donors (Lipinski definition) is 0. The second-order valence-electron chi connectivity index (χ2n) is 4.72. The Kier molecular flexibility index (Phi) is 3.28. The van der Waals surface area contributed by atoms with Gasteiger partial charge in [0.05, 0.1) is 11.4 Å². The summed E-state index contributed by atoms with van der Waals surface area (Å²) in [5.41, 5.74) is 1.27. The molecule has 1 aliphatic rings. The van der Waals surface area contributed by atoms with E-state index in [0.29, 0.717) is 11.4 Å². The van der Waals surface area contributed by atoms with E-state index in [2.05, 4.69) is 5.10 Å². The summed E-state index contributed by atoms with van der Waals surface area (Å²) in [7, 11) is 0. The first-order valence-electron chi connectivity index (χ1n) is 6.00. The number of para-hydroxylation sites is 1. The minimum absolute atomic E-state index is 0.0697. The first-order chi connectivity index (χ1) is 8.52. The predicted molar refractivity (Wildman–Crippen MR) is 70.4 cm³/mol. The summed E-state index contributed by atoms with van der Waals surface area (Å²) >= 11 is 0. The monoisotopic (exact) mass is 244 g/mol. The van der Waals surface area contributed by atoms with Gasteiger partial charge in [-0.25, -0.2) is 0 Å². The van der Waals surface area contributed by atoms with Crippen LogP contribution in [0.25, 0.3) is 0 Å². The predicted octanol–water partition coefficient (Wildman–Crippen LogP) is 2.25. The number of hydrogen-bond acceptors (Lipinski definition) is 3. The lowest BCUT2D eigenvalue weighted by atomic mass is 9.91. The summed E-state index contributed by atoms with van der Waals surface area (Å²) in [6.07, 6.45) is 0. The number of amides is 1. The Morgan fingerprint density at radius 2 is 1.89 bits per heavy atom. The molecule has 1 amide bonds. The summed E-state index contributed by atoms with van der Waals surface area (Å²) in [5, 5.41) is 5.52. The number of carbonyl (C=O) groups is 2. The molecule has 0 fully saturated rings. The van der Waals surface area contributed by atoms with E-state index in [9.17, 15) is 9.59 Å². The maximum Gasteiger partial charge on any atom is 0.263 e. The van der Waals surface area contributed by atoms with Crippen molar-refractivity contribution < 1.29 is 9.59 Å². The Morgan fingerprint density at radius 3 is 2.44 bits per heavy atom. The highest BCUT2D eigenvalue weighted by Gasteiger charge is 2.40. The van der Waals surface area contributed by atoms with Gasteiger partial charge in [-0.3, -0.25) is 9.59 Å². The molecule has 18 heavy (non-hydrogen) atoms. The van der Waals surface area contributed by atoms with Gasteiger partial charge in [-0.05, 0) is 19.1 Å². The van der Waals surface area contributed by atoms with Crippen molar-refractivity contribution in [3.8, 4) is 0 Å². The molecule has 0 saturated carbocycles. The first-order valence-corrected chi connectivity index (χ1v) is 6.00. The molecule has 0 aromatic heterocycles. The highest BCUT2D eigenvalue weighted by molar-refractivity contribution is 6.27. The lowest BCUT2D eigenvalue weighted by Crippen LogP contribution is -2.34. The summed E-state index contributed by atoms with van der Waals surface area (Å²) in [5.74, 6) is -1.21. The van der Waals surface area contributed by atoms with Crippen LogP contribution < -0.4 is 5.01 Å². The van der Waals surface area contributed by atoms with Crippen molar-refractivity contribution in [1.29, 1.82) is 0 Å². The van der Waals surface area contributed by atoms with Gasteiger partial charge in [0.15, 0.2) is 5.78 Å². The molecular weight excluding hydrogens is 228 g/mol. The first kappa shape index (κ1) is 12.5. The highest BCUT2D eigenvalue weighted by Crippen LogP contribution is 2.25. The van der Waals surface area contributed by atoms with E-state index >= 15 is 0 Å². The summed E-state index contributed by atoms with van der Waals surface area (Å²) in [6, 6.07) is 9.15. The fraction of sp³-hybridized carbons (Fsp3) is 0.357. The van der Waals surface area contributed by atoms with Gasteiger partial charge in [-0.2, -0.15) is 10.1 Å². The molecule has 2 rings (SSSR count). The van der Waals surface area contributed by atoms with Crippen molar-refractivity contribution in [1.82, 2.24) is 0 Å². The number of hydrazone groups is 1. The summed E-state index contributed by atoms with van der Waals surface area (Å²) < 4.78 is 0. The molecule has 1 aliphatic heterocycles. The number of Topliss-reactive ketones (excluding diaryl/α,β-unsaturated/α-hetero) is 1. The van der Waals surface area contributed by atoms with Crippen LogP contribution in [0.2, 0.25) is 0 Å². The van der Waals surface area contributed by atoms with Gasteiger partial charge in [-0.1, -0.05) is 32.0 Å². The number of anilines is 1. The molecule has 0 bridgehead atoms. The molecule has 1 unspecified atom stereocenters. The minimum atomic E-state index is -0.717. The zero-order valence-corrected chi connectivity index (χ0v) is 10.8. The van der Waals surface area contributed by atoms with Gasteiger partial charge >= 0.3 is 0 Å². The van der Waals surface area contributed by atoms with Crippen LogP contribution in [0.15, 0.2) is 35.4 Å². The average Bonchev–Trinajstić information content (AvgIpc) is 2.65. The smallest absolute Gasteiger partial charge is 0.263 e. The van der Waals surface area contributed by atoms with E-state index in [1.54, 1.807) is 32.9 Å². The quantitative estimate of drug-likeness (QED) is 0.766. The Balaban J connectivity index is 2.30. The van der Waals surface area contributed by atoms with E-state index in [4.69, 9.17) is 0 Å². The standard InChI is InChI=1S/C14H16N2O2/c1-9(2)13(17)12-10(3)15-16(14(12)18)11-7-5-4-6-8-11/h4-9,12H,1-3H3. The summed E-state index contributed by atoms with van der Waals surface area (Å²) in [4.78, 5) is 24.3. The van der Waals surface area contributed by atoms with Gasteiger partial charge < -0.3 is 0 Å². The maximum absolute atomic E-state index is 12.3. The number of benzene rings is 1. The fourth-order valence-electron chi connectivity index (χ4n) is 1.98. The highest BCUT2D eigenvalue weighted by atomic mass is 16.2. The Morgan fingerprint density at radius 1 is 1.28 bits per heavy atom. The van der Waals surface area contributed by atoms with Gasteiger partial charge in [0.25, 0.3) is 5.91 Å². The van der Waals surface area contributed by atoms with Crippen LogP contribution in [0.4, 0.5) is 5.69 Å². The zero-order valence-electron chi connectivity index (χ0n) is 10.8. The van der Waals surface area contributed by atoms with E-state index in [-0.39, 0.29) is 17.6 Å². The third-order valence-corrected chi connectivity index (χ3v) is 2.99. The van der Waals surface area contributed by atoms with E-state index < -0.39 is 5.92 Å². The molecule has 0 spiro atoms. The lowest BCUT2D eigenvalue weighted by Gasteiger charge is -2.14. The van der Waals surface area contributed by atoms with Crippen molar-refractivity contribution in [3.05, 3.63) is 30.3 Å².